The Bertz CT molecular complexity index is 555. The number of nitrogens with zero attached hydrogens (tertiary/aromatic N) is 1. The molecule has 4 nitrogen and oxygen atoms in total. The molecular formula is C13H18N4. The van der Waals surface area contributed by atoms with Gasteiger partial charge in [-0.15, -0.1) is 0 Å². The van der Waals surface area contributed by atoms with E-state index in [2.05, 4.69) is 4.98 Å². The van der Waals surface area contributed by atoms with Gasteiger partial charge in [0.05, 0.1) is 22.6 Å². The summed E-state index contributed by atoms with van der Waals surface area (Å²) in [4.78, 5) is 4.54. The molecule has 0 saturated carbocycles. The first kappa shape index (κ1) is 11.7. The number of nitrogens with two attached hydrogens (primary N) is 3. The average Bonchev–Trinajstić information content (AvgIpc) is 2.24. The summed E-state index contributed by atoms with van der Waals surface area (Å²) in [5.41, 5.74) is 20.5. The van der Waals surface area contributed by atoms with Crippen molar-refractivity contribution in [2.24, 2.45) is 5.73 Å². The summed E-state index contributed by atoms with van der Waals surface area (Å²) in [6, 6.07) is 7.71. The SMILES string of the molecule is CC(C)(N)Cc1nc2ccccc2c(N)c1N. The molecule has 4 heteroatoms. The van der Waals surface area contributed by atoms with E-state index in [0.717, 1.165) is 16.6 Å². The quantitative estimate of drug-likeness (QED) is 0.732. The maximum atomic E-state index is 6.03. The van der Waals surface area contributed by atoms with E-state index in [9.17, 15) is 0 Å². The van der Waals surface area contributed by atoms with Gasteiger partial charge in [-0.1, -0.05) is 18.2 Å². The topological polar surface area (TPSA) is 90.9 Å². The van der Waals surface area contributed by atoms with Crippen LogP contribution in [0.3, 0.4) is 0 Å². The molecule has 0 aliphatic rings. The number of fused-ring (bicyclic) bond motifs is 1. The monoisotopic (exact) mass is 230 g/mol. The molecule has 6 N–H and O–H groups in total. The highest BCUT2D eigenvalue weighted by atomic mass is 14.8. The van der Waals surface area contributed by atoms with Crippen molar-refractivity contribution in [1.82, 2.24) is 4.98 Å². The van der Waals surface area contributed by atoms with E-state index in [0.29, 0.717) is 17.8 Å². The molecule has 0 aliphatic heterocycles. The summed E-state index contributed by atoms with van der Waals surface area (Å²) in [5, 5.41) is 0.892. The van der Waals surface area contributed by atoms with Crippen molar-refractivity contribution in [3.05, 3.63) is 30.0 Å². The Hall–Kier alpha value is -1.81. The maximum absolute atomic E-state index is 6.03. The number of benzene rings is 1. The van der Waals surface area contributed by atoms with E-state index < -0.39 is 0 Å². The van der Waals surface area contributed by atoms with Crippen molar-refractivity contribution >= 4 is 22.3 Å². The molecule has 1 heterocycles. The molecule has 0 unspecified atom stereocenters. The molecule has 2 rings (SSSR count). The summed E-state index contributed by atoms with van der Waals surface area (Å²) in [5.74, 6) is 0. The summed E-state index contributed by atoms with van der Waals surface area (Å²) < 4.78 is 0. The molecular weight excluding hydrogens is 212 g/mol. The van der Waals surface area contributed by atoms with Crippen LogP contribution in [0.4, 0.5) is 11.4 Å². The molecule has 2 aromatic rings. The van der Waals surface area contributed by atoms with Gasteiger partial charge in [-0.25, -0.2) is 0 Å². The van der Waals surface area contributed by atoms with E-state index in [4.69, 9.17) is 17.2 Å². The summed E-state index contributed by atoms with van der Waals surface area (Å²) in [7, 11) is 0. The second kappa shape index (κ2) is 3.89. The molecule has 0 bridgehead atoms. The van der Waals surface area contributed by atoms with Gasteiger partial charge in [0.2, 0.25) is 0 Å². The third kappa shape index (κ3) is 2.31. The molecule has 17 heavy (non-hydrogen) atoms. The van der Waals surface area contributed by atoms with E-state index in [1.807, 2.05) is 38.1 Å². The number of hydrogen-bond acceptors (Lipinski definition) is 4. The van der Waals surface area contributed by atoms with Crippen LogP contribution >= 0.6 is 0 Å². The van der Waals surface area contributed by atoms with Crippen LogP contribution in [0.2, 0.25) is 0 Å². The van der Waals surface area contributed by atoms with Crippen molar-refractivity contribution in [3.63, 3.8) is 0 Å². The molecule has 0 amide bonds. The Labute approximate surface area is 101 Å². The molecule has 0 spiro atoms. The fraction of sp³-hybridized carbons (Fsp3) is 0.308. The zero-order valence-electron chi connectivity index (χ0n) is 10.2. The minimum absolute atomic E-state index is 0.351. The summed E-state index contributed by atoms with van der Waals surface area (Å²) >= 11 is 0. The first-order valence-electron chi connectivity index (χ1n) is 5.60. The lowest BCUT2D eigenvalue weighted by atomic mass is 9.97. The van der Waals surface area contributed by atoms with Crippen LogP contribution < -0.4 is 17.2 Å². The fourth-order valence-electron chi connectivity index (χ4n) is 1.87. The molecule has 1 aromatic carbocycles. The molecule has 0 fully saturated rings. The number of hydrogen-bond donors (Lipinski definition) is 3. The van der Waals surface area contributed by atoms with Gasteiger partial charge in [0.25, 0.3) is 0 Å². The lowest BCUT2D eigenvalue weighted by molar-refractivity contribution is 0.512. The second-order valence-corrected chi connectivity index (χ2v) is 5.07. The second-order valence-electron chi connectivity index (χ2n) is 5.07. The smallest absolute Gasteiger partial charge is 0.0774 e. The standard InChI is InChI=1S/C13H18N4/c1-13(2,16)7-10-12(15)11(14)8-5-3-4-6-9(8)17-10/h3-6H,7,15-16H2,1-2H3,(H2,14,17). The normalized spacial score (nSPS) is 11.9. The number of para-hydroxylation sites is 1. The first-order valence-corrected chi connectivity index (χ1v) is 5.60. The van der Waals surface area contributed by atoms with Gasteiger partial charge < -0.3 is 17.2 Å². The van der Waals surface area contributed by atoms with E-state index in [1.165, 1.54) is 0 Å². The highest BCUT2D eigenvalue weighted by Crippen LogP contribution is 2.29. The largest absolute Gasteiger partial charge is 0.396 e. The fourth-order valence-corrected chi connectivity index (χ4v) is 1.87. The lowest BCUT2D eigenvalue weighted by Crippen LogP contribution is -2.35. The third-order valence-corrected chi connectivity index (χ3v) is 2.67. The van der Waals surface area contributed by atoms with Crippen LogP contribution in [0.1, 0.15) is 19.5 Å². The maximum Gasteiger partial charge on any atom is 0.0774 e. The van der Waals surface area contributed by atoms with Crippen LogP contribution in [0.25, 0.3) is 10.9 Å². The number of anilines is 2. The van der Waals surface area contributed by atoms with Crippen molar-refractivity contribution in [3.8, 4) is 0 Å². The van der Waals surface area contributed by atoms with E-state index in [1.54, 1.807) is 0 Å². The highest BCUT2D eigenvalue weighted by molar-refractivity contribution is 5.96. The molecule has 0 saturated heterocycles. The summed E-state index contributed by atoms with van der Waals surface area (Å²) in [6.07, 6.45) is 0.605. The average molecular weight is 230 g/mol. The Morgan fingerprint density at radius 3 is 2.41 bits per heavy atom. The molecule has 0 atom stereocenters. The Kier molecular flexibility index (Phi) is 2.67. The van der Waals surface area contributed by atoms with Crippen LogP contribution in [-0.4, -0.2) is 10.5 Å². The zero-order valence-corrected chi connectivity index (χ0v) is 10.2. The number of nitrogen functional groups attached to an aromatic ring is 2. The van der Waals surface area contributed by atoms with Crippen LogP contribution in [0, 0.1) is 0 Å². The van der Waals surface area contributed by atoms with Crippen molar-refractivity contribution in [1.29, 1.82) is 0 Å². The van der Waals surface area contributed by atoms with Gasteiger partial charge in [0.15, 0.2) is 0 Å². The van der Waals surface area contributed by atoms with Crippen LogP contribution in [0.5, 0.6) is 0 Å². The van der Waals surface area contributed by atoms with Gasteiger partial charge >= 0.3 is 0 Å². The first-order chi connectivity index (χ1) is 7.88. The lowest BCUT2D eigenvalue weighted by Gasteiger charge is -2.20. The van der Waals surface area contributed by atoms with Gasteiger partial charge in [0.1, 0.15) is 0 Å². The number of pyridine rings is 1. The summed E-state index contributed by atoms with van der Waals surface area (Å²) in [6.45, 7) is 3.89. The van der Waals surface area contributed by atoms with Crippen molar-refractivity contribution in [2.75, 3.05) is 11.5 Å². The Balaban J connectivity index is 2.62. The Morgan fingerprint density at radius 1 is 1.12 bits per heavy atom. The Morgan fingerprint density at radius 2 is 1.76 bits per heavy atom. The minimum atomic E-state index is -0.351. The predicted octanol–water partition coefficient (Wildman–Crippen LogP) is 1.68. The molecule has 1 aromatic heterocycles. The van der Waals surface area contributed by atoms with Crippen molar-refractivity contribution in [2.45, 2.75) is 25.8 Å². The third-order valence-electron chi connectivity index (χ3n) is 2.67. The van der Waals surface area contributed by atoms with Gasteiger partial charge in [-0.05, 0) is 19.9 Å². The molecule has 0 radical (unpaired) electrons. The van der Waals surface area contributed by atoms with Gasteiger partial charge in [-0.3, -0.25) is 4.98 Å². The van der Waals surface area contributed by atoms with Crippen LogP contribution in [-0.2, 0) is 6.42 Å². The van der Waals surface area contributed by atoms with E-state index >= 15 is 0 Å². The minimum Gasteiger partial charge on any atom is -0.396 e. The predicted molar refractivity (Wildman–Crippen MR) is 72.5 cm³/mol. The zero-order chi connectivity index (χ0) is 12.6. The number of aromatic nitrogens is 1. The number of rotatable bonds is 2. The van der Waals surface area contributed by atoms with Gasteiger partial charge in [0, 0.05) is 17.3 Å². The molecule has 0 aliphatic carbocycles. The van der Waals surface area contributed by atoms with Crippen molar-refractivity contribution < 1.29 is 0 Å². The molecule has 90 valence electrons. The van der Waals surface area contributed by atoms with Gasteiger partial charge in [-0.2, -0.15) is 0 Å². The highest BCUT2D eigenvalue weighted by Gasteiger charge is 2.17. The van der Waals surface area contributed by atoms with Crippen LogP contribution in [0.15, 0.2) is 24.3 Å². The van der Waals surface area contributed by atoms with E-state index in [-0.39, 0.29) is 5.54 Å².